The van der Waals surface area contributed by atoms with Crippen LogP contribution in [0.3, 0.4) is 0 Å². The molecule has 7 heteroatoms. The van der Waals surface area contributed by atoms with Crippen molar-refractivity contribution in [1.29, 1.82) is 0 Å². The van der Waals surface area contributed by atoms with Crippen molar-refractivity contribution in [1.82, 2.24) is 4.90 Å². The van der Waals surface area contributed by atoms with E-state index in [2.05, 4.69) is 29.1 Å². The number of halogens is 4. The lowest BCUT2D eigenvalue weighted by Gasteiger charge is -2.31. The molecule has 0 aliphatic carbocycles. The summed E-state index contributed by atoms with van der Waals surface area (Å²) in [5.74, 6) is 0. The van der Waals surface area contributed by atoms with Crippen molar-refractivity contribution in [2.75, 3.05) is 6.54 Å². The molecular weight excluding hydrogens is 447 g/mol. The highest BCUT2D eigenvalue weighted by Gasteiger charge is 2.32. The lowest BCUT2D eigenvalue weighted by atomic mass is 10.0. The van der Waals surface area contributed by atoms with Gasteiger partial charge < -0.3 is 4.74 Å². The first kappa shape index (κ1) is 22.7. The van der Waals surface area contributed by atoms with Crippen molar-refractivity contribution in [3.8, 4) is 0 Å². The second kappa shape index (κ2) is 10.3. The fourth-order valence-electron chi connectivity index (χ4n) is 2.82. The molecule has 0 saturated heterocycles. The maximum absolute atomic E-state index is 13.0. The first-order valence-corrected chi connectivity index (χ1v) is 9.63. The third-order valence-corrected chi connectivity index (χ3v) is 4.91. The van der Waals surface area contributed by atoms with E-state index in [1.54, 1.807) is 6.08 Å². The van der Waals surface area contributed by atoms with Crippen molar-refractivity contribution in [3.63, 3.8) is 0 Å². The first-order chi connectivity index (χ1) is 13.8. The normalized spacial score (nSPS) is 12.1. The molecule has 0 saturated carbocycles. The van der Waals surface area contributed by atoms with Crippen LogP contribution in [0.2, 0.25) is 0 Å². The molecule has 3 nitrogen and oxygen atoms in total. The molecule has 0 aliphatic rings. The summed E-state index contributed by atoms with van der Waals surface area (Å²) < 4.78 is 44.6. The fraction of sp³-hybridized carbons (Fsp3) is 0.227. The second-order valence-corrected chi connectivity index (χ2v) is 7.11. The topological polar surface area (TPSA) is 29.5 Å². The minimum atomic E-state index is -4.45. The van der Waals surface area contributed by atoms with Gasteiger partial charge in [0, 0.05) is 11.0 Å². The zero-order valence-corrected chi connectivity index (χ0v) is 17.2. The van der Waals surface area contributed by atoms with Crippen LogP contribution in [0.15, 0.2) is 78.3 Å². The summed E-state index contributed by atoms with van der Waals surface area (Å²) in [6.45, 7) is 7.63. The van der Waals surface area contributed by atoms with E-state index < -0.39 is 23.9 Å². The van der Waals surface area contributed by atoms with Crippen molar-refractivity contribution >= 4 is 22.0 Å². The number of hydrogen-bond donors (Lipinski definition) is 0. The van der Waals surface area contributed by atoms with Gasteiger partial charge in [0.15, 0.2) is 0 Å². The zero-order valence-electron chi connectivity index (χ0n) is 15.7. The van der Waals surface area contributed by atoms with Gasteiger partial charge in [-0.3, -0.25) is 4.90 Å². The van der Waals surface area contributed by atoms with Gasteiger partial charge in [0.05, 0.1) is 11.6 Å². The Morgan fingerprint density at radius 2 is 1.83 bits per heavy atom. The van der Waals surface area contributed by atoms with Gasteiger partial charge in [-0.1, -0.05) is 64.5 Å². The molecule has 0 heterocycles. The van der Waals surface area contributed by atoms with Gasteiger partial charge in [0.2, 0.25) is 0 Å². The predicted molar refractivity (Wildman–Crippen MR) is 110 cm³/mol. The molecule has 1 unspecified atom stereocenters. The molecule has 2 aromatic rings. The molecule has 1 atom stereocenters. The highest BCUT2D eigenvalue weighted by Crippen LogP contribution is 2.36. The average Bonchev–Trinajstić information content (AvgIpc) is 2.69. The Labute approximate surface area is 176 Å². The van der Waals surface area contributed by atoms with E-state index in [0.717, 1.165) is 17.7 Å². The van der Waals surface area contributed by atoms with E-state index in [9.17, 15) is 18.0 Å². The van der Waals surface area contributed by atoms with Crippen molar-refractivity contribution in [2.24, 2.45) is 0 Å². The molecule has 0 N–H and O–H groups in total. The maximum atomic E-state index is 13.0. The SMILES string of the molecule is C=CCC(c1ccc(C(F)(F)F)cc1Br)N(CC=C)C(=O)OCc1ccccc1. The van der Waals surface area contributed by atoms with E-state index in [4.69, 9.17) is 4.74 Å². The lowest BCUT2D eigenvalue weighted by Crippen LogP contribution is -2.35. The number of benzene rings is 2. The molecule has 1 amide bonds. The molecule has 0 spiro atoms. The van der Waals surface area contributed by atoms with Gasteiger partial charge >= 0.3 is 12.3 Å². The van der Waals surface area contributed by atoms with Crippen LogP contribution in [0, 0.1) is 0 Å². The van der Waals surface area contributed by atoms with E-state index >= 15 is 0 Å². The smallest absolute Gasteiger partial charge is 0.416 e. The summed E-state index contributed by atoms with van der Waals surface area (Å²) in [5.41, 5.74) is 0.583. The van der Waals surface area contributed by atoms with Crippen molar-refractivity contribution < 1.29 is 22.7 Å². The lowest BCUT2D eigenvalue weighted by molar-refractivity contribution is -0.137. The molecule has 0 aliphatic heterocycles. The number of ether oxygens (including phenoxy) is 1. The molecule has 0 aromatic heterocycles. The Morgan fingerprint density at radius 3 is 2.38 bits per heavy atom. The van der Waals surface area contributed by atoms with Crippen LogP contribution in [0.1, 0.15) is 29.2 Å². The third-order valence-electron chi connectivity index (χ3n) is 4.22. The molecule has 0 bridgehead atoms. The minimum Gasteiger partial charge on any atom is -0.445 e. The standard InChI is InChI=1S/C22H21BrF3NO2/c1-3-8-20(18-12-11-17(14-19(18)23)22(24,25)26)27(13-4-2)21(28)29-15-16-9-6-5-7-10-16/h3-7,9-12,14,20H,1-2,8,13,15H2. The highest BCUT2D eigenvalue weighted by atomic mass is 79.9. The average molecular weight is 468 g/mol. The molecule has 154 valence electrons. The highest BCUT2D eigenvalue weighted by molar-refractivity contribution is 9.10. The summed E-state index contributed by atoms with van der Waals surface area (Å²) in [6, 6.07) is 12.0. The molecule has 0 fully saturated rings. The first-order valence-electron chi connectivity index (χ1n) is 8.83. The van der Waals surface area contributed by atoms with Crippen LogP contribution in [0.5, 0.6) is 0 Å². The Bertz CT molecular complexity index is 853. The predicted octanol–water partition coefficient (Wildman–Crippen LogP) is 6.91. The van der Waals surface area contributed by atoms with Crippen LogP contribution >= 0.6 is 15.9 Å². The van der Waals surface area contributed by atoms with Gasteiger partial charge in [-0.25, -0.2) is 4.79 Å². The number of alkyl halides is 3. The van der Waals surface area contributed by atoms with Gasteiger partial charge in [-0.05, 0) is 29.7 Å². The molecule has 2 aromatic carbocycles. The van der Waals surface area contributed by atoms with Crippen LogP contribution < -0.4 is 0 Å². The Balaban J connectivity index is 2.29. The number of carbonyl (C=O) groups excluding carboxylic acids is 1. The van der Waals surface area contributed by atoms with Gasteiger partial charge in [0.1, 0.15) is 6.61 Å². The number of nitrogens with zero attached hydrogens (tertiary/aromatic N) is 1. The molecular formula is C22H21BrF3NO2. The zero-order chi connectivity index (χ0) is 21.4. The Morgan fingerprint density at radius 1 is 1.14 bits per heavy atom. The number of carbonyl (C=O) groups is 1. The summed E-state index contributed by atoms with van der Waals surface area (Å²) in [5, 5.41) is 0. The maximum Gasteiger partial charge on any atom is 0.416 e. The largest absolute Gasteiger partial charge is 0.445 e. The van der Waals surface area contributed by atoms with Crippen molar-refractivity contribution in [3.05, 3.63) is 95.0 Å². The van der Waals surface area contributed by atoms with Crippen LogP contribution in [-0.2, 0) is 17.5 Å². The Kier molecular flexibility index (Phi) is 8.08. The van der Waals surface area contributed by atoms with E-state index in [0.29, 0.717) is 12.0 Å². The van der Waals surface area contributed by atoms with Gasteiger partial charge in [-0.15, -0.1) is 13.2 Å². The van der Waals surface area contributed by atoms with Crippen molar-refractivity contribution in [2.45, 2.75) is 25.2 Å². The number of amides is 1. The van der Waals surface area contributed by atoms with Crippen LogP contribution in [0.25, 0.3) is 0 Å². The summed E-state index contributed by atoms with van der Waals surface area (Å²) in [7, 11) is 0. The summed E-state index contributed by atoms with van der Waals surface area (Å²) in [4.78, 5) is 14.2. The Hall–Kier alpha value is -2.54. The molecule has 2 rings (SSSR count). The quantitative estimate of drug-likeness (QED) is 0.394. The van der Waals surface area contributed by atoms with Crippen LogP contribution in [0.4, 0.5) is 18.0 Å². The molecule has 0 radical (unpaired) electrons. The summed E-state index contributed by atoms with van der Waals surface area (Å²) >= 11 is 3.22. The molecule has 29 heavy (non-hydrogen) atoms. The number of rotatable bonds is 8. The monoisotopic (exact) mass is 467 g/mol. The minimum absolute atomic E-state index is 0.0856. The van der Waals surface area contributed by atoms with E-state index in [1.807, 2.05) is 30.3 Å². The van der Waals surface area contributed by atoms with E-state index in [-0.39, 0.29) is 17.6 Å². The van der Waals surface area contributed by atoms with Crippen LogP contribution in [-0.4, -0.2) is 17.5 Å². The summed E-state index contributed by atoms with van der Waals surface area (Å²) in [6.07, 6.45) is -1.57. The third kappa shape index (κ3) is 6.22. The fourth-order valence-corrected chi connectivity index (χ4v) is 3.47. The van der Waals surface area contributed by atoms with Gasteiger partial charge in [-0.2, -0.15) is 13.2 Å². The van der Waals surface area contributed by atoms with E-state index in [1.165, 1.54) is 17.0 Å². The van der Waals surface area contributed by atoms with Gasteiger partial charge in [0.25, 0.3) is 0 Å². The second-order valence-electron chi connectivity index (χ2n) is 6.26. The number of hydrogen-bond acceptors (Lipinski definition) is 2.